The average molecular weight is 268 g/mol. The number of nitrogens with one attached hydrogen (secondary N) is 1. The van der Waals surface area contributed by atoms with Crippen LogP contribution in [0.25, 0.3) is 0 Å². The Bertz CT molecular complexity index is 366. The first-order valence-electron chi connectivity index (χ1n) is 5.08. The summed E-state index contributed by atoms with van der Waals surface area (Å²) in [5.41, 5.74) is 0.883. The van der Waals surface area contributed by atoms with E-state index < -0.39 is 6.36 Å². The molecule has 0 bridgehead atoms. The third-order valence-electron chi connectivity index (χ3n) is 2.52. The van der Waals surface area contributed by atoms with Crippen LogP contribution in [0.3, 0.4) is 0 Å². The number of hydrogen-bond acceptors (Lipinski definition) is 2. The number of rotatable bonds is 3. The Hall–Kier alpha value is -0.940. The second kappa shape index (κ2) is 5.60. The molecule has 1 aliphatic heterocycles. The minimum absolute atomic E-state index is 0. The predicted molar refractivity (Wildman–Crippen MR) is 60.4 cm³/mol. The third-order valence-corrected chi connectivity index (χ3v) is 2.52. The summed E-state index contributed by atoms with van der Waals surface area (Å²) in [4.78, 5) is 0. The summed E-state index contributed by atoms with van der Waals surface area (Å²) in [6, 6.07) is 6.17. The average Bonchev–Trinajstić information content (AvgIpc) is 2.09. The van der Waals surface area contributed by atoms with Crippen LogP contribution in [-0.2, 0) is 6.42 Å². The zero-order valence-corrected chi connectivity index (χ0v) is 9.77. The molecule has 1 aromatic carbocycles. The van der Waals surface area contributed by atoms with Crippen LogP contribution in [0.5, 0.6) is 5.75 Å². The van der Waals surface area contributed by atoms with Gasteiger partial charge in [-0.05, 0) is 43.1 Å². The van der Waals surface area contributed by atoms with E-state index >= 15 is 0 Å². The van der Waals surface area contributed by atoms with E-state index in [1.165, 1.54) is 12.1 Å². The monoisotopic (exact) mass is 267 g/mol. The van der Waals surface area contributed by atoms with Gasteiger partial charge in [0.15, 0.2) is 0 Å². The highest BCUT2D eigenvalue weighted by molar-refractivity contribution is 5.85. The molecule has 6 heteroatoms. The van der Waals surface area contributed by atoms with E-state index in [0.717, 1.165) is 25.1 Å². The second-order valence-corrected chi connectivity index (χ2v) is 3.92. The van der Waals surface area contributed by atoms with Gasteiger partial charge in [-0.3, -0.25) is 0 Å². The summed E-state index contributed by atoms with van der Waals surface area (Å²) in [6.45, 7) is 1.87. The van der Waals surface area contributed by atoms with Crippen LogP contribution < -0.4 is 10.1 Å². The van der Waals surface area contributed by atoms with E-state index in [-0.39, 0.29) is 18.2 Å². The van der Waals surface area contributed by atoms with Crippen LogP contribution in [0.15, 0.2) is 24.3 Å². The van der Waals surface area contributed by atoms with Gasteiger partial charge >= 0.3 is 6.36 Å². The lowest BCUT2D eigenvalue weighted by molar-refractivity contribution is -0.274. The van der Waals surface area contributed by atoms with Crippen molar-refractivity contribution < 1.29 is 17.9 Å². The van der Waals surface area contributed by atoms with Crippen molar-refractivity contribution >= 4 is 12.4 Å². The van der Waals surface area contributed by atoms with Crippen LogP contribution in [-0.4, -0.2) is 19.5 Å². The summed E-state index contributed by atoms with van der Waals surface area (Å²) in [5.74, 6) is 0.387. The minimum atomic E-state index is -4.61. The van der Waals surface area contributed by atoms with E-state index in [1.807, 2.05) is 6.07 Å². The summed E-state index contributed by atoms with van der Waals surface area (Å²) in [6.07, 6.45) is -3.82. The quantitative estimate of drug-likeness (QED) is 0.909. The molecule has 2 rings (SSSR count). The first-order valence-corrected chi connectivity index (χ1v) is 5.08. The third kappa shape index (κ3) is 4.44. The smallest absolute Gasteiger partial charge is 0.406 e. The first kappa shape index (κ1) is 14.1. The summed E-state index contributed by atoms with van der Waals surface area (Å²) in [5, 5.41) is 3.12. The lowest BCUT2D eigenvalue weighted by Crippen LogP contribution is -2.43. The molecule has 1 aliphatic rings. The minimum Gasteiger partial charge on any atom is -0.406 e. The maximum absolute atomic E-state index is 12.0. The van der Waals surface area contributed by atoms with Crippen LogP contribution >= 0.6 is 12.4 Å². The largest absolute Gasteiger partial charge is 0.573 e. The SMILES string of the molecule is Cl.FC(F)(F)Oc1cccc(CC2CNC2)c1. The van der Waals surface area contributed by atoms with Gasteiger partial charge in [0.05, 0.1) is 0 Å². The highest BCUT2D eigenvalue weighted by Crippen LogP contribution is 2.24. The van der Waals surface area contributed by atoms with Crippen molar-refractivity contribution in [1.82, 2.24) is 5.32 Å². The van der Waals surface area contributed by atoms with E-state index in [4.69, 9.17) is 0 Å². The molecule has 17 heavy (non-hydrogen) atoms. The molecule has 0 atom stereocenters. The van der Waals surface area contributed by atoms with Gasteiger partial charge in [-0.15, -0.1) is 25.6 Å². The molecule has 1 aromatic rings. The van der Waals surface area contributed by atoms with E-state index in [1.54, 1.807) is 6.07 Å². The van der Waals surface area contributed by atoms with Gasteiger partial charge in [-0.25, -0.2) is 0 Å². The van der Waals surface area contributed by atoms with Crippen molar-refractivity contribution in [2.75, 3.05) is 13.1 Å². The molecule has 0 amide bonds. The topological polar surface area (TPSA) is 21.3 Å². The Balaban J connectivity index is 0.00000144. The van der Waals surface area contributed by atoms with Gasteiger partial charge in [-0.1, -0.05) is 12.1 Å². The maximum atomic E-state index is 12.0. The van der Waals surface area contributed by atoms with Gasteiger partial charge in [0.25, 0.3) is 0 Å². The molecular formula is C11H13ClF3NO. The lowest BCUT2D eigenvalue weighted by Gasteiger charge is -2.27. The fourth-order valence-electron chi connectivity index (χ4n) is 1.70. The van der Waals surface area contributed by atoms with Crippen molar-refractivity contribution in [2.45, 2.75) is 12.8 Å². The molecule has 1 N–H and O–H groups in total. The Kier molecular flexibility index (Phi) is 4.65. The molecule has 2 nitrogen and oxygen atoms in total. The zero-order chi connectivity index (χ0) is 11.6. The first-order chi connectivity index (χ1) is 7.53. The Morgan fingerprint density at radius 1 is 1.29 bits per heavy atom. The highest BCUT2D eigenvalue weighted by Gasteiger charge is 2.31. The molecule has 1 heterocycles. The summed E-state index contributed by atoms with van der Waals surface area (Å²) >= 11 is 0. The Morgan fingerprint density at radius 3 is 2.53 bits per heavy atom. The second-order valence-electron chi connectivity index (χ2n) is 3.92. The molecule has 96 valence electrons. The molecule has 1 fully saturated rings. The molecule has 1 saturated heterocycles. The summed E-state index contributed by atoms with van der Waals surface area (Å²) < 4.78 is 39.8. The molecule has 0 spiro atoms. The maximum Gasteiger partial charge on any atom is 0.573 e. The number of alkyl halides is 3. The Morgan fingerprint density at radius 2 is 2.00 bits per heavy atom. The van der Waals surface area contributed by atoms with Gasteiger partial charge < -0.3 is 10.1 Å². The van der Waals surface area contributed by atoms with Crippen molar-refractivity contribution in [3.8, 4) is 5.75 Å². The lowest BCUT2D eigenvalue weighted by atomic mass is 9.94. The number of ether oxygens (including phenoxy) is 1. The number of halogens is 4. The normalized spacial score (nSPS) is 15.9. The van der Waals surface area contributed by atoms with E-state index in [2.05, 4.69) is 10.1 Å². The van der Waals surface area contributed by atoms with Crippen LogP contribution in [0.2, 0.25) is 0 Å². The molecule has 0 aliphatic carbocycles. The molecule has 0 unspecified atom stereocenters. The fourth-order valence-corrected chi connectivity index (χ4v) is 1.70. The van der Waals surface area contributed by atoms with Gasteiger partial charge in [0.2, 0.25) is 0 Å². The van der Waals surface area contributed by atoms with Crippen molar-refractivity contribution in [3.05, 3.63) is 29.8 Å². The van der Waals surface area contributed by atoms with E-state index in [9.17, 15) is 13.2 Å². The molecule has 0 saturated carbocycles. The van der Waals surface area contributed by atoms with Gasteiger partial charge in [0.1, 0.15) is 5.75 Å². The zero-order valence-electron chi connectivity index (χ0n) is 8.96. The molecule has 0 radical (unpaired) electrons. The van der Waals surface area contributed by atoms with Crippen LogP contribution in [0.4, 0.5) is 13.2 Å². The molecular weight excluding hydrogens is 255 g/mol. The fraction of sp³-hybridized carbons (Fsp3) is 0.455. The standard InChI is InChI=1S/C11H12F3NO.ClH/c12-11(13,14)16-10-3-1-2-8(5-10)4-9-6-15-7-9;/h1-3,5,9,15H,4,6-7H2;1H. The van der Waals surface area contributed by atoms with E-state index in [0.29, 0.717) is 5.92 Å². The van der Waals surface area contributed by atoms with Crippen molar-refractivity contribution in [2.24, 2.45) is 5.92 Å². The summed E-state index contributed by atoms with van der Waals surface area (Å²) in [7, 11) is 0. The van der Waals surface area contributed by atoms with Crippen LogP contribution in [0.1, 0.15) is 5.56 Å². The van der Waals surface area contributed by atoms with Crippen LogP contribution in [0, 0.1) is 5.92 Å². The number of hydrogen-bond donors (Lipinski definition) is 1. The van der Waals surface area contributed by atoms with Crippen molar-refractivity contribution in [1.29, 1.82) is 0 Å². The number of benzene rings is 1. The van der Waals surface area contributed by atoms with Gasteiger partial charge in [-0.2, -0.15) is 0 Å². The molecule has 0 aromatic heterocycles. The van der Waals surface area contributed by atoms with Gasteiger partial charge in [0, 0.05) is 0 Å². The predicted octanol–water partition coefficient (Wildman–Crippen LogP) is 2.77. The van der Waals surface area contributed by atoms with Crippen molar-refractivity contribution in [3.63, 3.8) is 0 Å². The highest BCUT2D eigenvalue weighted by atomic mass is 35.5. The Labute approximate surface area is 104 Å².